The smallest absolute Gasteiger partial charge is 0.255 e. The normalized spacial score (nSPS) is 20.8. The van der Waals surface area contributed by atoms with Gasteiger partial charge in [-0.2, -0.15) is 0 Å². The predicted molar refractivity (Wildman–Crippen MR) is 64.9 cm³/mol. The molecule has 0 N–H and O–H groups in total. The summed E-state index contributed by atoms with van der Waals surface area (Å²) in [5.74, 6) is 0.213. The first-order valence-electron chi connectivity index (χ1n) is 6.24. The molecule has 1 saturated heterocycles. The van der Waals surface area contributed by atoms with Gasteiger partial charge in [-0.15, -0.1) is 0 Å². The SMILES string of the molecule is Cc1cccc2c1C(=O)N(C1CCOCC1)C2. The van der Waals surface area contributed by atoms with Crippen LogP contribution in [0.3, 0.4) is 0 Å². The second-order valence-electron chi connectivity index (χ2n) is 4.89. The Morgan fingerprint density at radius 1 is 1.29 bits per heavy atom. The van der Waals surface area contributed by atoms with Crippen molar-refractivity contribution in [1.82, 2.24) is 4.90 Å². The van der Waals surface area contributed by atoms with Crippen LogP contribution in [0.2, 0.25) is 0 Å². The van der Waals surface area contributed by atoms with Gasteiger partial charge in [0, 0.05) is 31.4 Å². The van der Waals surface area contributed by atoms with Crippen molar-refractivity contribution >= 4 is 5.91 Å². The molecule has 3 heteroatoms. The topological polar surface area (TPSA) is 29.5 Å². The molecular formula is C14H17NO2. The Morgan fingerprint density at radius 3 is 2.76 bits per heavy atom. The minimum Gasteiger partial charge on any atom is -0.381 e. The molecule has 2 heterocycles. The number of hydrogen-bond acceptors (Lipinski definition) is 2. The van der Waals surface area contributed by atoms with Crippen molar-refractivity contribution < 1.29 is 9.53 Å². The molecule has 0 aliphatic carbocycles. The van der Waals surface area contributed by atoms with E-state index in [2.05, 4.69) is 6.07 Å². The number of amides is 1. The van der Waals surface area contributed by atoms with Gasteiger partial charge in [0.2, 0.25) is 0 Å². The number of fused-ring (bicyclic) bond motifs is 1. The van der Waals surface area contributed by atoms with E-state index in [-0.39, 0.29) is 5.91 Å². The summed E-state index contributed by atoms with van der Waals surface area (Å²) in [4.78, 5) is 14.4. The molecule has 3 nitrogen and oxygen atoms in total. The zero-order chi connectivity index (χ0) is 11.8. The third-order valence-electron chi connectivity index (χ3n) is 3.81. The minimum atomic E-state index is 0.213. The molecular weight excluding hydrogens is 214 g/mol. The number of carbonyl (C=O) groups excluding carboxylic acids is 1. The van der Waals surface area contributed by atoms with E-state index < -0.39 is 0 Å². The van der Waals surface area contributed by atoms with E-state index in [0.29, 0.717) is 6.04 Å². The van der Waals surface area contributed by atoms with Crippen molar-refractivity contribution in [3.63, 3.8) is 0 Å². The highest BCUT2D eigenvalue weighted by molar-refractivity contribution is 5.99. The average molecular weight is 231 g/mol. The van der Waals surface area contributed by atoms with Crippen molar-refractivity contribution in [2.45, 2.75) is 32.4 Å². The first kappa shape index (κ1) is 10.8. The summed E-state index contributed by atoms with van der Waals surface area (Å²) in [5, 5.41) is 0. The van der Waals surface area contributed by atoms with Crippen LogP contribution in [0.25, 0.3) is 0 Å². The third-order valence-corrected chi connectivity index (χ3v) is 3.81. The van der Waals surface area contributed by atoms with E-state index in [4.69, 9.17) is 4.74 Å². The molecule has 0 radical (unpaired) electrons. The van der Waals surface area contributed by atoms with E-state index in [1.165, 1.54) is 5.56 Å². The maximum Gasteiger partial charge on any atom is 0.255 e. The van der Waals surface area contributed by atoms with Crippen LogP contribution in [-0.4, -0.2) is 30.1 Å². The van der Waals surface area contributed by atoms with Crippen LogP contribution >= 0.6 is 0 Å². The second-order valence-corrected chi connectivity index (χ2v) is 4.89. The lowest BCUT2D eigenvalue weighted by Crippen LogP contribution is -2.39. The molecule has 17 heavy (non-hydrogen) atoms. The fraction of sp³-hybridized carbons (Fsp3) is 0.500. The summed E-state index contributed by atoms with van der Waals surface area (Å²) in [6, 6.07) is 6.49. The van der Waals surface area contributed by atoms with Crippen LogP contribution in [0.15, 0.2) is 18.2 Å². The Hall–Kier alpha value is -1.35. The summed E-state index contributed by atoms with van der Waals surface area (Å²) >= 11 is 0. The molecule has 0 bridgehead atoms. The molecule has 1 fully saturated rings. The number of ether oxygens (including phenoxy) is 1. The molecule has 1 amide bonds. The highest BCUT2D eigenvalue weighted by Crippen LogP contribution is 2.29. The van der Waals surface area contributed by atoms with Gasteiger partial charge in [0.1, 0.15) is 0 Å². The molecule has 2 aliphatic rings. The zero-order valence-corrected chi connectivity index (χ0v) is 10.1. The maximum absolute atomic E-state index is 12.4. The predicted octanol–water partition coefficient (Wildman–Crippen LogP) is 2.13. The van der Waals surface area contributed by atoms with Crippen LogP contribution in [0, 0.1) is 6.92 Å². The Kier molecular flexibility index (Phi) is 2.63. The average Bonchev–Trinajstić information content (AvgIpc) is 2.69. The highest BCUT2D eigenvalue weighted by Gasteiger charge is 2.34. The largest absolute Gasteiger partial charge is 0.381 e. The maximum atomic E-state index is 12.4. The lowest BCUT2D eigenvalue weighted by Gasteiger charge is -2.30. The van der Waals surface area contributed by atoms with Crippen LogP contribution in [0.1, 0.15) is 34.3 Å². The number of aryl methyl sites for hydroxylation is 1. The van der Waals surface area contributed by atoms with Gasteiger partial charge in [0.25, 0.3) is 5.91 Å². The van der Waals surface area contributed by atoms with Crippen LogP contribution in [0.5, 0.6) is 0 Å². The molecule has 3 rings (SSSR count). The second kappa shape index (κ2) is 4.15. The molecule has 1 aromatic carbocycles. The summed E-state index contributed by atoms with van der Waals surface area (Å²) in [5.41, 5.74) is 3.21. The Bertz CT molecular complexity index is 450. The quantitative estimate of drug-likeness (QED) is 0.741. The van der Waals surface area contributed by atoms with Crippen molar-refractivity contribution in [1.29, 1.82) is 0 Å². The van der Waals surface area contributed by atoms with Gasteiger partial charge in [-0.05, 0) is 30.9 Å². The van der Waals surface area contributed by atoms with E-state index in [0.717, 1.165) is 43.7 Å². The molecule has 0 saturated carbocycles. The van der Waals surface area contributed by atoms with E-state index in [1.54, 1.807) is 0 Å². The van der Waals surface area contributed by atoms with E-state index in [9.17, 15) is 4.79 Å². The van der Waals surface area contributed by atoms with Crippen molar-refractivity contribution in [2.75, 3.05) is 13.2 Å². The van der Waals surface area contributed by atoms with Gasteiger partial charge in [-0.1, -0.05) is 18.2 Å². The molecule has 90 valence electrons. The fourth-order valence-corrected chi connectivity index (χ4v) is 2.86. The fourth-order valence-electron chi connectivity index (χ4n) is 2.86. The summed E-state index contributed by atoms with van der Waals surface area (Å²) in [7, 11) is 0. The van der Waals surface area contributed by atoms with Gasteiger partial charge in [0.15, 0.2) is 0 Å². The first-order chi connectivity index (χ1) is 8.27. The van der Waals surface area contributed by atoms with Gasteiger partial charge in [0.05, 0.1) is 0 Å². The summed E-state index contributed by atoms with van der Waals surface area (Å²) < 4.78 is 5.36. The van der Waals surface area contributed by atoms with Crippen molar-refractivity contribution in [2.24, 2.45) is 0 Å². The Morgan fingerprint density at radius 2 is 2.06 bits per heavy atom. The number of hydrogen-bond donors (Lipinski definition) is 0. The van der Waals surface area contributed by atoms with Crippen LogP contribution < -0.4 is 0 Å². The van der Waals surface area contributed by atoms with Gasteiger partial charge >= 0.3 is 0 Å². The standard InChI is InChI=1S/C14H17NO2/c1-10-3-2-4-11-9-15(14(16)13(10)11)12-5-7-17-8-6-12/h2-4,12H,5-9H2,1H3. The molecule has 2 aliphatic heterocycles. The third kappa shape index (κ3) is 1.75. The Labute approximate surface area is 101 Å². The molecule has 0 aromatic heterocycles. The number of nitrogens with zero attached hydrogens (tertiary/aromatic N) is 1. The molecule has 0 unspecified atom stereocenters. The number of carbonyl (C=O) groups is 1. The van der Waals surface area contributed by atoms with Crippen LogP contribution in [0.4, 0.5) is 0 Å². The monoisotopic (exact) mass is 231 g/mol. The lowest BCUT2D eigenvalue weighted by atomic mass is 10.0. The van der Waals surface area contributed by atoms with Crippen molar-refractivity contribution in [3.8, 4) is 0 Å². The zero-order valence-electron chi connectivity index (χ0n) is 10.1. The number of benzene rings is 1. The number of rotatable bonds is 1. The van der Waals surface area contributed by atoms with Gasteiger partial charge < -0.3 is 9.64 Å². The highest BCUT2D eigenvalue weighted by atomic mass is 16.5. The van der Waals surface area contributed by atoms with Gasteiger partial charge in [-0.25, -0.2) is 0 Å². The summed E-state index contributed by atoms with van der Waals surface area (Å²) in [6.07, 6.45) is 1.94. The van der Waals surface area contributed by atoms with Crippen LogP contribution in [-0.2, 0) is 11.3 Å². The lowest BCUT2D eigenvalue weighted by molar-refractivity contribution is 0.0303. The van der Waals surface area contributed by atoms with E-state index in [1.807, 2.05) is 24.0 Å². The summed E-state index contributed by atoms with van der Waals surface area (Å²) in [6.45, 7) is 4.36. The van der Waals surface area contributed by atoms with E-state index >= 15 is 0 Å². The minimum absolute atomic E-state index is 0.213. The molecule has 0 atom stereocenters. The Balaban J connectivity index is 1.88. The first-order valence-corrected chi connectivity index (χ1v) is 6.24. The van der Waals surface area contributed by atoms with Gasteiger partial charge in [-0.3, -0.25) is 4.79 Å². The molecule has 1 aromatic rings. The van der Waals surface area contributed by atoms with Crippen molar-refractivity contribution in [3.05, 3.63) is 34.9 Å². The molecule has 0 spiro atoms.